The second-order valence-electron chi connectivity index (χ2n) is 6.51. The molecule has 1 heterocycles. The fourth-order valence-corrected chi connectivity index (χ4v) is 3.07. The van der Waals surface area contributed by atoms with E-state index in [4.69, 9.17) is 0 Å². The molecular weight excluding hydrogens is 402 g/mol. The lowest BCUT2D eigenvalue weighted by Crippen LogP contribution is -2.25. The highest BCUT2D eigenvalue weighted by atomic mass is 19.4. The number of amides is 2. The lowest BCUT2D eigenvalue weighted by molar-refractivity contribution is -0.143. The number of carbonyl (C=O) groups excluding carboxylic acids is 2. The average Bonchev–Trinajstić information content (AvgIpc) is 3.03. The van der Waals surface area contributed by atoms with Crippen molar-refractivity contribution in [1.29, 1.82) is 0 Å². The van der Waals surface area contributed by atoms with E-state index in [1.807, 2.05) is 0 Å². The molecule has 0 unspecified atom stereocenters. The van der Waals surface area contributed by atoms with Crippen LogP contribution in [0.5, 0.6) is 0 Å². The van der Waals surface area contributed by atoms with E-state index in [0.29, 0.717) is 30.8 Å². The van der Waals surface area contributed by atoms with Gasteiger partial charge in [0.2, 0.25) is 5.91 Å². The third-order valence-electron chi connectivity index (χ3n) is 4.47. The van der Waals surface area contributed by atoms with Crippen molar-refractivity contribution in [1.82, 2.24) is 0 Å². The Morgan fingerprint density at radius 3 is 2.03 bits per heavy atom. The third kappa shape index (κ3) is 4.36. The Balaban J connectivity index is 1.94. The molecule has 0 spiro atoms. The fraction of sp³-hybridized carbons (Fsp3) is 0.263. The van der Waals surface area contributed by atoms with Gasteiger partial charge in [0.05, 0.1) is 11.1 Å². The van der Waals surface area contributed by atoms with Gasteiger partial charge in [-0.05, 0) is 42.3 Å². The lowest BCUT2D eigenvalue weighted by atomic mass is 10.0. The Kier molecular flexibility index (Phi) is 5.06. The zero-order valence-electron chi connectivity index (χ0n) is 14.9. The zero-order chi connectivity index (χ0) is 21.6. The van der Waals surface area contributed by atoms with Crippen LogP contribution < -0.4 is 10.2 Å². The SMILES string of the molecule is CC(=O)N1CCc2ccc(NC(=O)c3cc(C(F)(F)F)cc(C(F)(F)F)c3)cc21. The van der Waals surface area contributed by atoms with Crippen molar-refractivity contribution < 1.29 is 35.9 Å². The first-order valence-corrected chi connectivity index (χ1v) is 8.38. The predicted octanol–water partition coefficient (Wildman–Crippen LogP) is 4.89. The molecule has 154 valence electrons. The molecule has 1 aliphatic rings. The van der Waals surface area contributed by atoms with Gasteiger partial charge in [-0.2, -0.15) is 26.3 Å². The predicted molar refractivity (Wildman–Crippen MR) is 92.6 cm³/mol. The summed E-state index contributed by atoms with van der Waals surface area (Å²) >= 11 is 0. The summed E-state index contributed by atoms with van der Waals surface area (Å²) in [6.45, 7) is 1.81. The summed E-state index contributed by atoms with van der Waals surface area (Å²) in [5.74, 6) is -1.35. The maximum absolute atomic E-state index is 13.0. The van der Waals surface area contributed by atoms with Crippen molar-refractivity contribution in [3.05, 3.63) is 58.7 Å². The lowest BCUT2D eigenvalue weighted by Gasteiger charge is -2.16. The first-order valence-electron chi connectivity index (χ1n) is 8.38. The molecule has 1 aliphatic heterocycles. The maximum Gasteiger partial charge on any atom is 0.416 e. The summed E-state index contributed by atoms with van der Waals surface area (Å²) in [6.07, 6.45) is -9.50. The molecule has 0 saturated carbocycles. The van der Waals surface area contributed by atoms with Crippen LogP contribution in [0.15, 0.2) is 36.4 Å². The normalized spacial score (nSPS) is 14.0. The van der Waals surface area contributed by atoms with Crippen LogP contribution in [0, 0.1) is 0 Å². The molecule has 0 atom stereocenters. The number of fused-ring (bicyclic) bond motifs is 1. The summed E-state index contributed by atoms with van der Waals surface area (Å²) in [4.78, 5) is 25.5. The number of nitrogens with zero attached hydrogens (tertiary/aromatic N) is 1. The number of rotatable bonds is 2. The van der Waals surface area contributed by atoms with Crippen LogP contribution >= 0.6 is 0 Å². The van der Waals surface area contributed by atoms with Gasteiger partial charge in [-0.1, -0.05) is 6.07 Å². The molecule has 3 rings (SSSR count). The minimum absolute atomic E-state index is 0.0447. The quantitative estimate of drug-likeness (QED) is 0.709. The molecule has 29 heavy (non-hydrogen) atoms. The van der Waals surface area contributed by atoms with Crippen molar-refractivity contribution in [2.45, 2.75) is 25.7 Å². The van der Waals surface area contributed by atoms with E-state index < -0.39 is 35.0 Å². The summed E-state index contributed by atoms with van der Waals surface area (Å²) in [6, 6.07) is 5.25. The number of halogens is 6. The van der Waals surface area contributed by atoms with Gasteiger partial charge in [0.25, 0.3) is 5.91 Å². The summed E-state index contributed by atoms with van der Waals surface area (Å²) < 4.78 is 77.8. The van der Waals surface area contributed by atoms with Crippen LogP contribution in [-0.2, 0) is 23.6 Å². The molecule has 0 fully saturated rings. The number of nitrogens with one attached hydrogen (secondary N) is 1. The topological polar surface area (TPSA) is 49.4 Å². The highest BCUT2D eigenvalue weighted by Crippen LogP contribution is 2.37. The largest absolute Gasteiger partial charge is 0.416 e. The smallest absolute Gasteiger partial charge is 0.322 e. The molecule has 0 aliphatic carbocycles. The molecule has 0 saturated heterocycles. The molecule has 0 aromatic heterocycles. The summed E-state index contributed by atoms with van der Waals surface area (Å²) in [5.41, 5.74) is -2.40. The molecule has 2 aromatic rings. The molecule has 4 nitrogen and oxygen atoms in total. The standard InChI is InChI=1S/C19H14F6N2O2/c1-10(28)27-5-4-11-2-3-15(9-16(11)27)26-17(29)12-6-13(18(20,21)22)8-14(7-12)19(23,24)25/h2-3,6-9H,4-5H2,1H3,(H,26,29). The van der Waals surface area contributed by atoms with Crippen LogP contribution in [0.25, 0.3) is 0 Å². The number of carbonyl (C=O) groups is 2. The zero-order valence-corrected chi connectivity index (χ0v) is 14.9. The van der Waals surface area contributed by atoms with Crippen LogP contribution in [-0.4, -0.2) is 18.4 Å². The van der Waals surface area contributed by atoms with Gasteiger partial charge in [0.15, 0.2) is 0 Å². The van der Waals surface area contributed by atoms with Gasteiger partial charge in [-0.25, -0.2) is 0 Å². The van der Waals surface area contributed by atoms with Crippen molar-refractivity contribution >= 4 is 23.2 Å². The second kappa shape index (κ2) is 7.09. The van der Waals surface area contributed by atoms with Gasteiger partial charge >= 0.3 is 12.4 Å². The Hall–Kier alpha value is -3.04. The van der Waals surface area contributed by atoms with Gasteiger partial charge in [0.1, 0.15) is 0 Å². The molecule has 1 N–H and O–H groups in total. The molecule has 10 heteroatoms. The van der Waals surface area contributed by atoms with Gasteiger partial charge in [-0.3, -0.25) is 9.59 Å². The van der Waals surface area contributed by atoms with E-state index in [1.165, 1.54) is 24.0 Å². The Bertz CT molecular complexity index is 949. The van der Waals surface area contributed by atoms with E-state index in [0.717, 1.165) is 5.56 Å². The summed E-state index contributed by atoms with van der Waals surface area (Å²) in [7, 11) is 0. The molecule has 2 aromatic carbocycles. The minimum Gasteiger partial charge on any atom is -0.322 e. The van der Waals surface area contributed by atoms with E-state index in [9.17, 15) is 35.9 Å². The first-order chi connectivity index (χ1) is 13.4. The monoisotopic (exact) mass is 416 g/mol. The maximum atomic E-state index is 13.0. The van der Waals surface area contributed by atoms with E-state index in [2.05, 4.69) is 5.32 Å². The molecule has 0 bridgehead atoms. The number of anilines is 2. The minimum atomic E-state index is -5.05. The first kappa shape index (κ1) is 20.7. The Morgan fingerprint density at radius 2 is 1.52 bits per heavy atom. The average molecular weight is 416 g/mol. The van der Waals surface area contributed by atoms with Crippen molar-refractivity contribution in [2.24, 2.45) is 0 Å². The van der Waals surface area contributed by atoms with Crippen molar-refractivity contribution in [3.8, 4) is 0 Å². The fourth-order valence-electron chi connectivity index (χ4n) is 3.07. The van der Waals surface area contributed by atoms with Gasteiger partial charge in [-0.15, -0.1) is 0 Å². The Labute approximate surface area is 161 Å². The third-order valence-corrected chi connectivity index (χ3v) is 4.47. The highest BCUT2D eigenvalue weighted by molar-refractivity contribution is 6.05. The summed E-state index contributed by atoms with van der Waals surface area (Å²) in [5, 5.41) is 2.29. The van der Waals surface area contributed by atoms with Crippen LogP contribution in [0.3, 0.4) is 0 Å². The highest BCUT2D eigenvalue weighted by Gasteiger charge is 2.37. The van der Waals surface area contributed by atoms with Gasteiger partial charge in [0, 0.05) is 30.4 Å². The van der Waals surface area contributed by atoms with Crippen LogP contribution in [0.1, 0.15) is 34.0 Å². The van der Waals surface area contributed by atoms with Crippen LogP contribution in [0.4, 0.5) is 37.7 Å². The second-order valence-corrected chi connectivity index (χ2v) is 6.51. The van der Waals surface area contributed by atoms with E-state index in [1.54, 1.807) is 6.07 Å². The van der Waals surface area contributed by atoms with E-state index >= 15 is 0 Å². The molecular formula is C19H14F6N2O2. The number of hydrogen-bond donors (Lipinski definition) is 1. The number of benzene rings is 2. The van der Waals surface area contributed by atoms with Crippen LogP contribution in [0.2, 0.25) is 0 Å². The molecule has 2 amide bonds. The van der Waals surface area contributed by atoms with Gasteiger partial charge < -0.3 is 10.2 Å². The molecule has 0 radical (unpaired) electrons. The number of hydrogen-bond acceptors (Lipinski definition) is 2. The number of alkyl halides is 6. The van der Waals surface area contributed by atoms with E-state index in [-0.39, 0.29) is 17.7 Å². The van der Waals surface area contributed by atoms with Crippen molar-refractivity contribution in [2.75, 3.05) is 16.8 Å². The Morgan fingerprint density at radius 1 is 0.931 bits per heavy atom. The van der Waals surface area contributed by atoms with Crippen molar-refractivity contribution in [3.63, 3.8) is 0 Å².